The van der Waals surface area contributed by atoms with E-state index >= 15 is 0 Å². The molecule has 1 rings (SSSR count). The second-order valence-electron chi connectivity index (χ2n) is 8.73. The summed E-state index contributed by atoms with van der Waals surface area (Å²) in [5.41, 5.74) is 6.17. The Balaban J connectivity index is 3.65. The zero-order valence-corrected chi connectivity index (χ0v) is 21.3. The molecule has 0 amide bonds. The van der Waals surface area contributed by atoms with E-state index in [2.05, 4.69) is 62.2 Å². The van der Waals surface area contributed by atoms with Crippen molar-refractivity contribution in [3.63, 3.8) is 0 Å². The maximum absolute atomic E-state index is 6.05. The molecular weight excluding hydrogens is 400 g/mol. The van der Waals surface area contributed by atoms with Crippen molar-refractivity contribution in [1.82, 2.24) is 5.32 Å². The normalized spacial score (nSPS) is 15.8. The minimum Gasteiger partial charge on any atom is -0.329 e. The lowest BCUT2D eigenvalue weighted by Gasteiger charge is -2.57. The summed E-state index contributed by atoms with van der Waals surface area (Å²) >= 11 is 0. The van der Waals surface area contributed by atoms with E-state index in [1.54, 1.807) is 21.3 Å². The SMILES string of the molecule is C=CC(CCCCCCC)(Cc1ccccc1)C(CCC)(NCCN)C(OC)(OC)OC. The Morgan fingerprint density at radius 1 is 0.906 bits per heavy atom. The molecule has 5 heteroatoms. The molecule has 0 saturated heterocycles. The number of hydrogen-bond acceptors (Lipinski definition) is 5. The molecule has 0 aliphatic heterocycles. The summed E-state index contributed by atoms with van der Waals surface area (Å²) in [5.74, 6) is -1.29. The summed E-state index contributed by atoms with van der Waals surface area (Å²) in [7, 11) is 4.96. The van der Waals surface area contributed by atoms with Crippen molar-refractivity contribution in [3.05, 3.63) is 48.6 Å². The monoisotopic (exact) mass is 448 g/mol. The van der Waals surface area contributed by atoms with E-state index in [1.165, 1.54) is 31.2 Å². The Hall–Kier alpha value is -1.24. The van der Waals surface area contributed by atoms with Gasteiger partial charge in [-0.2, -0.15) is 0 Å². The third kappa shape index (κ3) is 6.42. The Morgan fingerprint density at radius 2 is 1.53 bits per heavy atom. The van der Waals surface area contributed by atoms with Crippen LogP contribution < -0.4 is 11.1 Å². The quantitative estimate of drug-likeness (QED) is 0.168. The van der Waals surface area contributed by atoms with Crippen LogP contribution in [-0.2, 0) is 20.6 Å². The molecule has 2 unspecified atom stereocenters. The fraction of sp³-hybridized carbons (Fsp3) is 0.704. The van der Waals surface area contributed by atoms with Gasteiger partial charge in [0.15, 0.2) is 0 Å². The first kappa shape index (κ1) is 28.8. The molecule has 32 heavy (non-hydrogen) atoms. The molecule has 184 valence electrons. The summed E-state index contributed by atoms with van der Waals surface area (Å²) in [6.07, 6.45) is 11.6. The van der Waals surface area contributed by atoms with E-state index < -0.39 is 11.5 Å². The van der Waals surface area contributed by atoms with Gasteiger partial charge in [0.1, 0.15) is 5.54 Å². The van der Waals surface area contributed by atoms with E-state index in [0.717, 1.165) is 32.1 Å². The lowest BCUT2D eigenvalue weighted by Crippen LogP contribution is -2.74. The molecule has 0 heterocycles. The van der Waals surface area contributed by atoms with Crippen LogP contribution in [0.4, 0.5) is 0 Å². The van der Waals surface area contributed by atoms with Crippen LogP contribution in [0.15, 0.2) is 43.0 Å². The van der Waals surface area contributed by atoms with Crippen LogP contribution in [0.25, 0.3) is 0 Å². The van der Waals surface area contributed by atoms with Crippen molar-refractivity contribution >= 4 is 0 Å². The number of unbranched alkanes of at least 4 members (excludes halogenated alkanes) is 4. The predicted octanol–water partition coefficient (Wildman–Crippen LogP) is 5.44. The van der Waals surface area contributed by atoms with Gasteiger partial charge in [-0.3, -0.25) is 0 Å². The molecule has 0 spiro atoms. The lowest BCUT2D eigenvalue weighted by molar-refractivity contribution is -0.403. The third-order valence-corrected chi connectivity index (χ3v) is 6.85. The van der Waals surface area contributed by atoms with Gasteiger partial charge in [-0.05, 0) is 24.8 Å². The van der Waals surface area contributed by atoms with E-state index in [9.17, 15) is 0 Å². The number of nitrogens with two attached hydrogens (primary N) is 1. The highest BCUT2D eigenvalue weighted by atomic mass is 16.9. The van der Waals surface area contributed by atoms with E-state index in [-0.39, 0.29) is 5.41 Å². The van der Waals surface area contributed by atoms with Gasteiger partial charge in [0.05, 0.1) is 0 Å². The molecule has 0 aliphatic rings. The Kier molecular flexibility index (Phi) is 13.3. The molecule has 5 nitrogen and oxygen atoms in total. The lowest BCUT2D eigenvalue weighted by atomic mass is 9.60. The van der Waals surface area contributed by atoms with Crippen molar-refractivity contribution in [3.8, 4) is 0 Å². The number of methoxy groups -OCH3 is 3. The van der Waals surface area contributed by atoms with Crippen molar-refractivity contribution in [2.24, 2.45) is 11.1 Å². The second kappa shape index (κ2) is 14.8. The first-order valence-corrected chi connectivity index (χ1v) is 12.3. The topological polar surface area (TPSA) is 65.7 Å². The molecule has 0 radical (unpaired) electrons. The van der Waals surface area contributed by atoms with Crippen molar-refractivity contribution < 1.29 is 14.2 Å². The summed E-state index contributed by atoms with van der Waals surface area (Å²) in [6.45, 7) is 9.94. The molecule has 0 aromatic heterocycles. The first-order chi connectivity index (χ1) is 15.5. The number of benzene rings is 1. The van der Waals surface area contributed by atoms with Gasteiger partial charge in [0, 0.05) is 39.8 Å². The van der Waals surface area contributed by atoms with Crippen LogP contribution in [0.2, 0.25) is 0 Å². The van der Waals surface area contributed by atoms with Crippen LogP contribution in [-0.4, -0.2) is 45.9 Å². The van der Waals surface area contributed by atoms with Crippen LogP contribution >= 0.6 is 0 Å². The van der Waals surface area contributed by atoms with Crippen LogP contribution in [0.1, 0.15) is 70.8 Å². The molecule has 0 aliphatic carbocycles. The highest BCUT2D eigenvalue weighted by molar-refractivity contribution is 5.25. The predicted molar refractivity (Wildman–Crippen MR) is 135 cm³/mol. The van der Waals surface area contributed by atoms with Crippen molar-refractivity contribution in [1.29, 1.82) is 0 Å². The van der Waals surface area contributed by atoms with Crippen LogP contribution in [0.5, 0.6) is 0 Å². The average molecular weight is 449 g/mol. The second-order valence-corrected chi connectivity index (χ2v) is 8.73. The van der Waals surface area contributed by atoms with E-state index in [4.69, 9.17) is 19.9 Å². The van der Waals surface area contributed by atoms with Gasteiger partial charge < -0.3 is 25.3 Å². The fourth-order valence-electron chi connectivity index (χ4n) is 5.32. The number of nitrogens with one attached hydrogen (secondary N) is 1. The van der Waals surface area contributed by atoms with Gasteiger partial charge in [0.2, 0.25) is 0 Å². The maximum Gasteiger partial charge on any atom is 0.302 e. The molecule has 1 aromatic rings. The van der Waals surface area contributed by atoms with Gasteiger partial charge in [-0.15, -0.1) is 6.58 Å². The summed E-state index contributed by atoms with van der Waals surface area (Å²) < 4.78 is 18.1. The zero-order chi connectivity index (χ0) is 23.9. The van der Waals surface area contributed by atoms with Crippen LogP contribution in [0.3, 0.4) is 0 Å². The number of hydrogen-bond donors (Lipinski definition) is 2. The molecule has 2 atom stereocenters. The van der Waals surface area contributed by atoms with Gasteiger partial charge in [-0.25, -0.2) is 0 Å². The Bertz CT molecular complexity index is 612. The van der Waals surface area contributed by atoms with Crippen LogP contribution in [0, 0.1) is 5.41 Å². The van der Waals surface area contributed by atoms with Crippen molar-refractivity contribution in [2.75, 3.05) is 34.4 Å². The highest BCUT2D eigenvalue weighted by Gasteiger charge is 2.63. The largest absolute Gasteiger partial charge is 0.329 e. The number of rotatable bonds is 19. The fourth-order valence-corrected chi connectivity index (χ4v) is 5.32. The smallest absolute Gasteiger partial charge is 0.302 e. The summed E-state index contributed by atoms with van der Waals surface area (Å²) in [5, 5.41) is 3.77. The minimum atomic E-state index is -1.29. The molecule has 0 bridgehead atoms. The summed E-state index contributed by atoms with van der Waals surface area (Å²) in [4.78, 5) is 0. The first-order valence-electron chi connectivity index (χ1n) is 12.3. The van der Waals surface area contributed by atoms with Gasteiger partial charge >= 0.3 is 5.97 Å². The van der Waals surface area contributed by atoms with E-state index in [0.29, 0.717) is 13.1 Å². The van der Waals surface area contributed by atoms with Crippen molar-refractivity contribution in [2.45, 2.75) is 83.1 Å². The third-order valence-electron chi connectivity index (χ3n) is 6.85. The van der Waals surface area contributed by atoms with Gasteiger partial charge in [-0.1, -0.05) is 88.8 Å². The summed E-state index contributed by atoms with van der Waals surface area (Å²) in [6, 6.07) is 10.6. The Labute approximate surface area is 197 Å². The molecule has 0 fully saturated rings. The van der Waals surface area contributed by atoms with Gasteiger partial charge in [0.25, 0.3) is 0 Å². The Morgan fingerprint density at radius 3 is 2.03 bits per heavy atom. The minimum absolute atomic E-state index is 0.381. The zero-order valence-electron chi connectivity index (χ0n) is 21.3. The molecule has 0 saturated carbocycles. The number of ether oxygens (including phenoxy) is 3. The van der Waals surface area contributed by atoms with E-state index in [1.807, 2.05) is 0 Å². The standard InChI is InChI=1S/C27H48N2O3/c1-7-10-11-12-16-20-25(9-3,23-24-17-14-13-15-18-24)26(19-8-2,29-22-21-28)27(30-4,31-5)32-6/h9,13-15,17-18,29H,3,7-8,10-12,16,19-23,28H2,1-2,4-6H3. The molecule has 3 N–H and O–H groups in total. The highest BCUT2D eigenvalue weighted by Crippen LogP contribution is 2.51. The molecular formula is C27H48N2O3. The maximum atomic E-state index is 6.05. The molecule has 1 aromatic carbocycles. The average Bonchev–Trinajstić information content (AvgIpc) is 2.83.